The molecule has 22 heavy (non-hydrogen) atoms. The Kier molecular flexibility index (Phi) is 3.79. The Hall–Kier alpha value is -2.43. The van der Waals surface area contributed by atoms with Crippen LogP contribution in [0.2, 0.25) is 0 Å². The van der Waals surface area contributed by atoms with Crippen LogP contribution in [0.3, 0.4) is 0 Å². The second-order valence-electron chi connectivity index (χ2n) is 5.23. The summed E-state index contributed by atoms with van der Waals surface area (Å²) in [5.41, 5.74) is 2.05. The third kappa shape index (κ3) is 2.54. The van der Waals surface area contributed by atoms with Gasteiger partial charge in [0.15, 0.2) is 0 Å². The van der Waals surface area contributed by atoms with Gasteiger partial charge >= 0.3 is 6.61 Å². The Morgan fingerprint density at radius 1 is 1.18 bits per heavy atom. The molecule has 114 valence electrons. The first-order valence-electron chi connectivity index (χ1n) is 7.03. The molecule has 0 bridgehead atoms. The molecule has 2 aromatic carbocycles. The largest absolute Gasteiger partial charge is 0.434 e. The molecule has 5 heteroatoms. The fourth-order valence-corrected chi connectivity index (χ4v) is 2.85. The summed E-state index contributed by atoms with van der Waals surface area (Å²) in [5.74, 6) is -0.423. The second kappa shape index (κ2) is 5.75. The van der Waals surface area contributed by atoms with Crippen molar-refractivity contribution in [1.29, 1.82) is 0 Å². The van der Waals surface area contributed by atoms with E-state index in [1.165, 1.54) is 12.1 Å². The van der Waals surface area contributed by atoms with Gasteiger partial charge in [-0.1, -0.05) is 30.3 Å². The number of hydrogen-bond donors (Lipinski definition) is 0. The Bertz CT molecular complexity index is 703. The first-order valence-corrected chi connectivity index (χ1v) is 7.03. The highest BCUT2D eigenvalue weighted by molar-refractivity contribution is 6.09. The summed E-state index contributed by atoms with van der Waals surface area (Å²) < 4.78 is 29.5. The third-order valence-electron chi connectivity index (χ3n) is 3.76. The number of carbonyl (C=O) groups excluding carboxylic acids is 1. The molecule has 1 heterocycles. The molecule has 3 rings (SSSR count). The zero-order chi connectivity index (χ0) is 15.7. The van der Waals surface area contributed by atoms with Crippen molar-refractivity contribution in [1.82, 2.24) is 0 Å². The van der Waals surface area contributed by atoms with Crippen molar-refractivity contribution in [3.63, 3.8) is 0 Å². The van der Waals surface area contributed by atoms with Crippen LogP contribution in [0.15, 0.2) is 48.5 Å². The highest BCUT2D eigenvalue weighted by Gasteiger charge is 2.32. The van der Waals surface area contributed by atoms with Crippen molar-refractivity contribution in [2.45, 2.75) is 26.0 Å². The number of amides is 1. The molecule has 1 aliphatic rings. The fraction of sp³-hybridized carbons (Fsp3) is 0.235. The van der Waals surface area contributed by atoms with E-state index in [2.05, 4.69) is 4.74 Å². The summed E-state index contributed by atoms with van der Waals surface area (Å²) in [4.78, 5) is 14.5. The van der Waals surface area contributed by atoms with Gasteiger partial charge < -0.3 is 9.64 Å². The number of rotatable bonds is 3. The van der Waals surface area contributed by atoms with Crippen LogP contribution in [0.4, 0.5) is 14.5 Å². The predicted octanol–water partition coefficient (Wildman–Crippen LogP) is 3.88. The van der Waals surface area contributed by atoms with Crippen LogP contribution < -0.4 is 9.64 Å². The first-order chi connectivity index (χ1) is 10.6. The molecular formula is C17H15F2NO2. The van der Waals surface area contributed by atoms with Gasteiger partial charge in [-0.3, -0.25) is 4.79 Å². The molecule has 0 fully saturated rings. The van der Waals surface area contributed by atoms with E-state index in [4.69, 9.17) is 0 Å². The second-order valence-corrected chi connectivity index (χ2v) is 5.23. The molecule has 0 saturated carbocycles. The van der Waals surface area contributed by atoms with Crippen molar-refractivity contribution in [3.8, 4) is 5.75 Å². The van der Waals surface area contributed by atoms with Crippen LogP contribution in [-0.4, -0.2) is 18.6 Å². The van der Waals surface area contributed by atoms with Gasteiger partial charge in [-0.25, -0.2) is 0 Å². The number of halogens is 2. The average molecular weight is 303 g/mol. The van der Waals surface area contributed by atoms with Crippen molar-refractivity contribution < 1.29 is 18.3 Å². The van der Waals surface area contributed by atoms with E-state index in [0.717, 1.165) is 17.7 Å². The first kappa shape index (κ1) is 14.5. The molecule has 3 nitrogen and oxygen atoms in total. The highest BCUT2D eigenvalue weighted by Crippen LogP contribution is 2.34. The molecule has 1 atom stereocenters. The molecule has 1 amide bonds. The Balaban J connectivity index is 1.98. The Morgan fingerprint density at radius 2 is 1.86 bits per heavy atom. The fourth-order valence-electron chi connectivity index (χ4n) is 2.85. The van der Waals surface area contributed by atoms with E-state index >= 15 is 0 Å². The molecule has 0 saturated heterocycles. The van der Waals surface area contributed by atoms with Crippen LogP contribution in [0, 0.1) is 0 Å². The molecule has 0 aromatic heterocycles. The number of ether oxygens (including phenoxy) is 1. The number of anilines is 1. The topological polar surface area (TPSA) is 29.5 Å². The summed E-state index contributed by atoms with van der Waals surface area (Å²) in [6, 6.07) is 13.7. The van der Waals surface area contributed by atoms with Crippen LogP contribution in [-0.2, 0) is 6.42 Å². The van der Waals surface area contributed by atoms with Gasteiger partial charge in [-0.15, -0.1) is 0 Å². The number of hydrogen-bond acceptors (Lipinski definition) is 2. The minimum Gasteiger partial charge on any atom is -0.434 e. The van der Waals surface area contributed by atoms with Crippen molar-refractivity contribution in [3.05, 3.63) is 59.7 Å². The van der Waals surface area contributed by atoms with Crippen molar-refractivity contribution in [2.75, 3.05) is 4.90 Å². The number of para-hydroxylation sites is 2. The number of carbonyl (C=O) groups is 1. The van der Waals surface area contributed by atoms with Gasteiger partial charge in [0, 0.05) is 11.7 Å². The maximum Gasteiger partial charge on any atom is 0.387 e. The monoisotopic (exact) mass is 303 g/mol. The quantitative estimate of drug-likeness (QED) is 0.861. The smallest absolute Gasteiger partial charge is 0.387 e. The maximum absolute atomic E-state index is 12.8. The minimum absolute atomic E-state index is 0.0236. The number of fused-ring (bicyclic) bond motifs is 1. The van der Waals surface area contributed by atoms with Gasteiger partial charge in [0.2, 0.25) is 0 Å². The van der Waals surface area contributed by atoms with E-state index in [9.17, 15) is 13.6 Å². The van der Waals surface area contributed by atoms with E-state index in [1.54, 1.807) is 17.0 Å². The lowest BCUT2D eigenvalue weighted by Gasteiger charge is -2.23. The van der Waals surface area contributed by atoms with Gasteiger partial charge in [-0.05, 0) is 37.1 Å². The highest BCUT2D eigenvalue weighted by atomic mass is 19.3. The molecule has 0 radical (unpaired) electrons. The minimum atomic E-state index is -2.96. The van der Waals surface area contributed by atoms with Gasteiger partial charge in [0.1, 0.15) is 5.75 Å². The van der Waals surface area contributed by atoms with E-state index in [0.29, 0.717) is 0 Å². The van der Waals surface area contributed by atoms with Crippen molar-refractivity contribution in [2.24, 2.45) is 0 Å². The summed E-state index contributed by atoms with van der Waals surface area (Å²) in [5, 5.41) is 0. The number of benzene rings is 2. The van der Waals surface area contributed by atoms with E-state index in [-0.39, 0.29) is 23.3 Å². The molecule has 0 N–H and O–H groups in total. The van der Waals surface area contributed by atoms with Gasteiger partial charge in [0.05, 0.1) is 5.56 Å². The lowest BCUT2D eigenvalue weighted by molar-refractivity contribution is -0.0501. The average Bonchev–Trinajstić information content (AvgIpc) is 2.82. The molecule has 2 aromatic rings. The Morgan fingerprint density at radius 3 is 2.64 bits per heavy atom. The predicted molar refractivity (Wildman–Crippen MR) is 79.5 cm³/mol. The molecule has 1 unspecified atom stereocenters. The number of alkyl halides is 2. The molecular weight excluding hydrogens is 288 g/mol. The summed E-state index contributed by atoms with van der Waals surface area (Å²) in [6.07, 6.45) is 0.750. The lowest BCUT2D eigenvalue weighted by atomic mass is 10.1. The van der Waals surface area contributed by atoms with Crippen LogP contribution in [0.25, 0.3) is 0 Å². The van der Waals surface area contributed by atoms with E-state index in [1.807, 2.05) is 31.2 Å². The van der Waals surface area contributed by atoms with Crippen LogP contribution >= 0.6 is 0 Å². The van der Waals surface area contributed by atoms with Gasteiger partial charge in [-0.2, -0.15) is 8.78 Å². The van der Waals surface area contributed by atoms with Crippen LogP contribution in [0.5, 0.6) is 5.75 Å². The molecule has 0 aliphatic carbocycles. The summed E-state index contributed by atoms with van der Waals surface area (Å²) in [7, 11) is 0. The third-order valence-corrected chi connectivity index (χ3v) is 3.76. The van der Waals surface area contributed by atoms with Gasteiger partial charge in [0.25, 0.3) is 5.91 Å². The normalized spacial score (nSPS) is 16.7. The van der Waals surface area contributed by atoms with E-state index < -0.39 is 6.61 Å². The van der Waals surface area contributed by atoms with Crippen molar-refractivity contribution >= 4 is 11.6 Å². The summed E-state index contributed by atoms with van der Waals surface area (Å²) >= 11 is 0. The Labute approximate surface area is 127 Å². The number of nitrogens with zero attached hydrogens (tertiary/aromatic N) is 1. The molecule has 1 aliphatic heterocycles. The maximum atomic E-state index is 12.8. The zero-order valence-corrected chi connectivity index (χ0v) is 12.0. The zero-order valence-electron chi connectivity index (χ0n) is 12.0. The van der Waals surface area contributed by atoms with Crippen LogP contribution in [0.1, 0.15) is 22.8 Å². The SMILES string of the molecule is CC1Cc2ccccc2N1C(=O)c1ccccc1OC(F)F. The lowest BCUT2D eigenvalue weighted by Crippen LogP contribution is -2.36. The molecule has 0 spiro atoms. The standard InChI is InChI=1S/C17H15F2NO2/c1-11-10-12-6-2-4-8-14(12)20(11)16(21)13-7-3-5-9-15(13)22-17(18)19/h2-9,11,17H,10H2,1H3. The summed E-state index contributed by atoms with van der Waals surface area (Å²) in [6.45, 7) is -1.02.